The van der Waals surface area contributed by atoms with E-state index in [2.05, 4.69) is 0 Å². The Kier molecular flexibility index (Phi) is 5.12. The first-order valence-electron chi connectivity index (χ1n) is 2.15. The number of halogens is 1. The standard InChI is InChI=1S/C4H7ClS.Au/c5-4-2-1-3-6-4;/h4H,1-3H2;. The topological polar surface area (TPSA) is 0 Å². The Bertz CT molecular complexity index is 45.0. The SMILES string of the molecule is ClC1CCCS1.[Au]. The van der Waals surface area contributed by atoms with Crippen LogP contribution in [0, 0.1) is 0 Å². The summed E-state index contributed by atoms with van der Waals surface area (Å²) in [6.07, 6.45) is 2.53. The maximum Gasteiger partial charge on any atom is 0.0789 e. The first-order valence-corrected chi connectivity index (χ1v) is 3.64. The molecule has 1 atom stereocenters. The van der Waals surface area contributed by atoms with E-state index in [0.717, 1.165) is 0 Å². The molecule has 3 heteroatoms. The van der Waals surface area contributed by atoms with Crippen molar-refractivity contribution in [1.29, 1.82) is 0 Å². The molecule has 1 radical (unpaired) electrons. The van der Waals surface area contributed by atoms with E-state index in [1.165, 1.54) is 18.6 Å². The van der Waals surface area contributed by atoms with Crippen LogP contribution in [0.5, 0.6) is 0 Å². The predicted octanol–water partition coefficient (Wildman–Crippen LogP) is 2.08. The van der Waals surface area contributed by atoms with Gasteiger partial charge in [0.2, 0.25) is 0 Å². The molecular weight excluding hydrogens is 313 g/mol. The zero-order valence-electron chi connectivity index (χ0n) is 3.79. The molecule has 0 amide bonds. The molecule has 0 aromatic rings. The van der Waals surface area contributed by atoms with Gasteiger partial charge in [-0.2, -0.15) is 0 Å². The maximum absolute atomic E-state index is 5.68. The van der Waals surface area contributed by atoms with Crippen LogP contribution in [0.1, 0.15) is 12.8 Å². The quantitative estimate of drug-likeness (QED) is 0.487. The van der Waals surface area contributed by atoms with Crippen LogP contribution in [0.2, 0.25) is 0 Å². The summed E-state index contributed by atoms with van der Waals surface area (Å²) in [4.78, 5) is 0. The molecule has 1 fully saturated rings. The molecular formula is C4H7AuClS. The molecule has 0 spiro atoms. The van der Waals surface area contributed by atoms with Crippen LogP contribution in [0.25, 0.3) is 0 Å². The largest absolute Gasteiger partial charge is 0.142 e. The summed E-state index contributed by atoms with van der Waals surface area (Å²) in [6.45, 7) is 0. The molecule has 1 aliphatic heterocycles. The second kappa shape index (κ2) is 4.28. The summed E-state index contributed by atoms with van der Waals surface area (Å²) >= 11 is 7.54. The summed E-state index contributed by atoms with van der Waals surface area (Å²) in [7, 11) is 0. The third kappa shape index (κ3) is 3.04. The molecule has 1 aliphatic rings. The van der Waals surface area contributed by atoms with E-state index in [4.69, 9.17) is 11.6 Å². The van der Waals surface area contributed by atoms with Crippen molar-refractivity contribution >= 4 is 23.4 Å². The predicted molar refractivity (Wildman–Crippen MR) is 31.3 cm³/mol. The van der Waals surface area contributed by atoms with Gasteiger partial charge in [-0.25, -0.2) is 0 Å². The van der Waals surface area contributed by atoms with Crippen LogP contribution in [0.15, 0.2) is 0 Å². The molecule has 0 bridgehead atoms. The molecule has 0 aromatic heterocycles. The van der Waals surface area contributed by atoms with Gasteiger partial charge in [-0.3, -0.25) is 0 Å². The zero-order chi connectivity index (χ0) is 4.41. The zero-order valence-corrected chi connectivity index (χ0v) is 7.53. The number of thioether (sulfide) groups is 1. The van der Waals surface area contributed by atoms with Crippen molar-refractivity contribution in [2.75, 3.05) is 5.75 Å². The number of rotatable bonds is 0. The van der Waals surface area contributed by atoms with Crippen molar-refractivity contribution in [2.45, 2.75) is 17.6 Å². The minimum atomic E-state index is 0. The Hall–Kier alpha value is 1.38. The van der Waals surface area contributed by atoms with Crippen LogP contribution >= 0.6 is 23.4 Å². The monoisotopic (exact) mass is 319 g/mol. The molecule has 0 nitrogen and oxygen atoms in total. The van der Waals surface area contributed by atoms with Crippen LogP contribution in [0.3, 0.4) is 0 Å². The van der Waals surface area contributed by atoms with Crippen LogP contribution in [-0.4, -0.2) is 10.5 Å². The molecule has 47 valence electrons. The van der Waals surface area contributed by atoms with E-state index < -0.39 is 0 Å². The van der Waals surface area contributed by atoms with Gasteiger partial charge in [0.05, 0.1) is 4.71 Å². The average Bonchev–Trinajstić information content (AvgIpc) is 1.86. The Labute approximate surface area is 68.9 Å². The van der Waals surface area contributed by atoms with Gasteiger partial charge < -0.3 is 0 Å². The van der Waals surface area contributed by atoms with Gasteiger partial charge in [0.15, 0.2) is 0 Å². The van der Waals surface area contributed by atoms with Crippen molar-refractivity contribution in [3.63, 3.8) is 0 Å². The Balaban J connectivity index is 0.000000360. The fraction of sp³-hybridized carbons (Fsp3) is 1.00. The van der Waals surface area contributed by atoms with Gasteiger partial charge in [-0.15, -0.1) is 23.4 Å². The van der Waals surface area contributed by atoms with Gasteiger partial charge in [0.1, 0.15) is 0 Å². The fourth-order valence-corrected chi connectivity index (χ4v) is 1.88. The summed E-state index contributed by atoms with van der Waals surface area (Å²) in [5.41, 5.74) is 0. The minimum Gasteiger partial charge on any atom is -0.142 e. The first kappa shape index (κ1) is 8.38. The third-order valence-electron chi connectivity index (χ3n) is 0.874. The maximum atomic E-state index is 5.68. The summed E-state index contributed by atoms with van der Waals surface area (Å²) in [5, 5.41) is 0. The third-order valence-corrected chi connectivity index (χ3v) is 2.59. The van der Waals surface area contributed by atoms with Crippen molar-refractivity contribution in [2.24, 2.45) is 0 Å². The van der Waals surface area contributed by atoms with Crippen molar-refractivity contribution in [3.8, 4) is 0 Å². The molecule has 1 unspecified atom stereocenters. The molecule has 7 heavy (non-hydrogen) atoms. The Morgan fingerprint density at radius 1 is 1.57 bits per heavy atom. The van der Waals surface area contributed by atoms with Crippen LogP contribution < -0.4 is 0 Å². The van der Waals surface area contributed by atoms with E-state index in [1.807, 2.05) is 11.8 Å². The van der Waals surface area contributed by atoms with E-state index in [1.54, 1.807) is 0 Å². The second-order valence-electron chi connectivity index (χ2n) is 1.42. The average molecular weight is 320 g/mol. The first-order chi connectivity index (χ1) is 2.89. The van der Waals surface area contributed by atoms with E-state index >= 15 is 0 Å². The van der Waals surface area contributed by atoms with Gasteiger partial charge >= 0.3 is 0 Å². The van der Waals surface area contributed by atoms with Gasteiger partial charge in [-0.05, 0) is 18.6 Å². The van der Waals surface area contributed by atoms with Gasteiger partial charge in [0, 0.05) is 22.4 Å². The summed E-state index contributed by atoms with van der Waals surface area (Å²) in [6, 6.07) is 0. The molecule has 0 N–H and O–H groups in total. The fourth-order valence-electron chi connectivity index (χ4n) is 0.538. The van der Waals surface area contributed by atoms with Crippen molar-refractivity contribution in [3.05, 3.63) is 0 Å². The Morgan fingerprint density at radius 3 is 2.43 bits per heavy atom. The number of hydrogen-bond acceptors (Lipinski definition) is 1. The Morgan fingerprint density at radius 2 is 2.29 bits per heavy atom. The molecule has 0 aromatic carbocycles. The summed E-state index contributed by atoms with van der Waals surface area (Å²) < 4.78 is 0.435. The smallest absolute Gasteiger partial charge is 0.0789 e. The van der Waals surface area contributed by atoms with Gasteiger partial charge in [-0.1, -0.05) is 0 Å². The van der Waals surface area contributed by atoms with Crippen LogP contribution in [0.4, 0.5) is 0 Å². The molecule has 1 rings (SSSR count). The number of alkyl halides is 1. The summed E-state index contributed by atoms with van der Waals surface area (Å²) in [5.74, 6) is 1.27. The molecule has 1 heterocycles. The normalized spacial score (nSPS) is 29.6. The van der Waals surface area contributed by atoms with E-state index in [0.29, 0.717) is 4.71 Å². The second-order valence-corrected chi connectivity index (χ2v) is 3.52. The van der Waals surface area contributed by atoms with Crippen LogP contribution in [-0.2, 0) is 22.4 Å². The van der Waals surface area contributed by atoms with Gasteiger partial charge in [0.25, 0.3) is 0 Å². The molecule has 1 saturated heterocycles. The molecule has 0 saturated carbocycles. The van der Waals surface area contributed by atoms with Crippen molar-refractivity contribution in [1.82, 2.24) is 0 Å². The molecule has 0 aliphatic carbocycles. The minimum absolute atomic E-state index is 0. The number of hydrogen-bond donors (Lipinski definition) is 0. The van der Waals surface area contributed by atoms with E-state index in [-0.39, 0.29) is 22.4 Å². The van der Waals surface area contributed by atoms with E-state index in [9.17, 15) is 0 Å². The van der Waals surface area contributed by atoms with Crippen molar-refractivity contribution < 1.29 is 22.4 Å².